The molecule has 10 heavy (non-hydrogen) atoms. The molecule has 1 rings (SSSR count). The van der Waals surface area contributed by atoms with Crippen molar-refractivity contribution in [3.05, 3.63) is 24.5 Å². The van der Waals surface area contributed by atoms with E-state index in [4.69, 9.17) is 0 Å². The average Bonchev–Trinajstić information content (AvgIpc) is 2.34. The second kappa shape index (κ2) is 3.06. The molecule has 0 spiro atoms. The lowest BCUT2D eigenvalue weighted by atomic mass is 10.4. The van der Waals surface area contributed by atoms with Gasteiger partial charge < -0.3 is 14.5 Å². The van der Waals surface area contributed by atoms with E-state index >= 15 is 0 Å². The highest BCUT2D eigenvalue weighted by Gasteiger charge is 1.87. The first kappa shape index (κ1) is 6.86. The molecule has 0 saturated carbocycles. The van der Waals surface area contributed by atoms with Gasteiger partial charge in [0.2, 0.25) is 0 Å². The molecular weight excluding hydrogens is 130 g/mol. The summed E-state index contributed by atoms with van der Waals surface area (Å²) in [4.78, 5) is 9.97. The normalized spacial score (nSPS) is 9.60. The molecule has 3 heteroatoms. The number of hydrogen-bond acceptors (Lipinski definition) is 2. The van der Waals surface area contributed by atoms with Gasteiger partial charge in [0.25, 0.3) is 0 Å². The molecule has 0 N–H and O–H groups in total. The molecule has 0 saturated heterocycles. The Bertz CT molecular complexity index is 203. The molecule has 0 fully saturated rings. The van der Waals surface area contributed by atoms with E-state index in [2.05, 4.69) is 0 Å². The summed E-state index contributed by atoms with van der Waals surface area (Å²) in [6, 6.07) is 3.71. The maximum atomic E-state index is 9.97. The van der Waals surface area contributed by atoms with Crippen LogP contribution in [0.3, 0.4) is 0 Å². The van der Waals surface area contributed by atoms with Crippen molar-refractivity contribution in [2.45, 2.75) is 13.0 Å². The number of hydrogen-bond donors (Lipinski definition) is 0. The van der Waals surface area contributed by atoms with Gasteiger partial charge in [-0.05, 0) is 12.1 Å². The van der Waals surface area contributed by atoms with E-state index in [1.165, 1.54) is 0 Å². The topological polar surface area (TPSA) is 45.1 Å². The predicted molar refractivity (Wildman–Crippen MR) is 34.1 cm³/mol. The van der Waals surface area contributed by atoms with Crippen LogP contribution >= 0.6 is 0 Å². The summed E-state index contributed by atoms with van der Waals surface area (Å²) in [6.07, 6.45) is 3.72. The minimum Gasteiger partial charge on any atom is -0.550 e. The Balaban J connectivity index is 2.35. The molecule has 1 aromatic heterocycles. The van der Waals surface area contributed by atoms with Crippen LogP contribution in [0, 0.1) is 0 Å². The highest BCUT2D eigenvalue weighted by molar-refractivity contribution is 5.63. The van der Waals surface area contributed by atoms with Gasteiger partial charge in [0.1, 0.15) is 0 Å². The Morgan fingerprint density at radius 1 is 1.40 bits per heavy atom. The third kappa shape index (κ3) is 1.93. The number of carboxylic acids is 1. The molecule has 3 nitrogen and oxygen atoms in total. The maximum absolute atomic E-state index is 9.97. The number of nitrogens with zero attached hydrogens (tertiary/aromatic N) is 1. The minimum absolute atomic E-state index is 0.0781. The SMILES string of the molecule is O=C([O-])CCn1cccc1. The van der Waals surface area contributed by atoms with Gasteiger partial charge in [-0.2, -0.15) is 0 Å². The van der Waals surface area contributed by atoms with E-state index in [9.17, 15) is 9.90 Å². The van der Waals surface area contributed by atoms with E-state index in [1.54, 1.807) is 4.57 Å². The number of carbonyl (C=O) groups excluding carboxylic acids is 1. The zero-order chi connectivity index (χ0) is 7.40. The van der Waals surface area contributed by atoms with Crippen LogP contribution in [-0.4, -0.2) is 10.5 Å². The van der Waals surface area contributed by atoms with Crippen molar-refractivity contribution in [2.75, 3.05) is 0 Å². The van der Waals surface area contributed by atoms with Crippen molar-refractivity contribution in [3.8, 4) is 0 Å². The second-order valence-corrected chi connectivity index (χ2v) is 2.04. The van der Waals surface area contributed by atoms with Gasteiger partial charge in [0, 0.05) is 31.3 Å². The van der Waals surface area contributed by atoms with Gasteiger partial charge in [-0.3, -0.25) is 0 Å². The molecule has 0 aromatic carbocycles. The third-order valence-corrected chi connectivity index (χ3v) is 1.24. The molecule has 1 aromatic rings. The molecule has 0 atom stereocenters. The molecular formula is C7H8NO2-. The highest BCUT2D eigenvalue weighted by atomic mass is 16.4. The number of aryl methyl sites for hydroxylation is 1. The van der Waals surface area contributed by atoms with E-state index in [1.807, 2.05) is 24.5 Å². The second-order valence-electron chi connectivity index (χ2n) is 2.04. The molecule has 0 aliphatic carbocycles. The van der Waals surface area contributed by atoms with Crippen LogP contribution in [0.4, 0.5) is 0 Å². The number of carboxylic acid groups (broad SMARTS) is 1. The number of carbonyl (C=O) groups is 1. The largest absolute Gasteiger partial charge is 0.550 e. The van der Waals surface area contributed by atoms with Crippen LogP contribution in [-0.2, 0) is 11.3 Å². The fraction of sp³-hybridized carbons (Fsp3) is 0.286. The molecule has 54 valence electrons. The molecule has 0 unspecified atom stereocenters. The first-order valence-electron chi connectivity index (χ1n) is 3.09. The van der Waals surface area contributed by atoms with Crippen molar-refractivity contribution in [1.82, 2.24) is 4.57 Å². The lowest BCUT2D eigenvalue weighted by Gasteiger charge is -2.01. The molecule has 0 aliphatic rings. The summed E-state index contributed by atoms with van der Waals surface area (Å²) in [5.74, 6) is -1.01. The van der Waals surface area contributed by atoms with Gasteiger partial charge >= 0.3 is 0 Å². The molecule has 0 amide bonds. The van der Waals surface area contributed by atoms with Crippen molar-refractivity contribution < 1.29 is 9.90 Å². The number of aromatic nitrogens is 1. The minimum atomic E-state index is -1.01. The summed E-state index contributed by atoms with van der Waals surface area (Å²) >= 11 is 0. The summed E-state index contributed by atoms with van der Waals surface area (Å²) in [5, 5.41) is 9.97. The predicted octanol–water partition coefficient (Wildman–Crippen LogP) is -0.372. The van der Waals surface area contributed by atoms with E-state index in [0.717, 1.165) is 0 Å². The van der Waals surface area contributed by atoms with Crippen LogP contribution in [0.25, 0.3) is 0 Å². The third-order valence-electron chi connectivity index (χ3n) is 1.24. The first-order valence-corrected chi connectivity index (χ1v) is 3.09. The summed E-state index contributed by atoms with van der Waals surface area (Å²) in [7, 11) is 0. The summed E-state index contributed by atoms with van der Waals surface area (Å²) in [5.41, 5.74) is 0. The maximum Gasteiger partial charge on any atom is 0.0432 e. The van der Waals surface area contributed by atoms with E-state index < -0.39 is 5.97 Å². The Morgan fingerprint density at radius 3 is 2.50 bits per heavy atom. The molecule has 0 aliphatic heterocycles. The zero-order valence-corrected chi connectivity index (χ0v) is 5.49. The van der Waals surface area contributed by atoms with Crippen molar-refractivity contribution in [3.63, 3.8) is 0 Å². The quantitative estimate of drug-likeness (QED) is 0.572. The van der Waals surface area contributed by atoms with Crippen LogP contribution < -0.4 is 5.11 Å². The van der Waals surface area contributed by atoms with Crippen molar-refractivity contribution in [1.29, 1.82) is 0 Å². The van der Waals surface area contributed by atoms with Crippen LogP contribution in [0.5, 0.6) is 0 Å². The number of rotatable bonds is 3. The smallest absolute Gasteiger partial charge is 0.0432 e. The van der Waals surface area contributed by atoms with Crippen LogP contribution in [0.2, 0.25) is 0 Å². The van der Waals surface area contributed by atoms with Gasteiger partial charge in [-0.1, -0.05) is 0 Å². The lowest BCUT2D eigenvalue weighted by molar-refractivity contribution is -0.305. The van der Waals surface area contributed by atoms with Crippen molar-refractivity contribution in [2.24, 2.45) is 0 Å². The van der Waals surface area contributed by atoms with Gasteiger partial charge in [0.05, 0.1) is 0 Å². The standard InChI is InChI=1S/C7H9NO2/c9-7(10)3-6-8-4-1-2-5-8/h1-2,4-5H,3,6H2,(H,9,10)/p-1. The van der Waals surface area contributed by atoms with Crippen molar-refractivity contribution >= 4 is 5.97 Å². The fourth-order valence-electron chi connectivity index (χ4n) is 0.740. The Hall–Kier alpha value is -1.25. The van der Waals surface area contributed by atoms with Gasteiger partial charge in [0.15, 0.2) is 0 Å². The average molecular weight is 138 g/mol. The fourth-order valence-corrected chi connectivity index (χ4v) is 0.740. The summed E-state index contributed by atoms with van der Waals surface area (Å²) < 4.78 is 1.80. The first-order chi connectivity index (χ1) is 4.79. The monoisotopic (exact) mass is 138 g/mol. The Kier molecular flexibility index (Phi) is 2.10. The van der Waals surface area contributed by atoms with E-state index in [-0.39, 0.29) is 6.42 Å². The Labute approximate surface area is 58.9 Å². The van der Waals surface area contributed by atoms with Gasteiger partial charge in [-0.25, -0.2) is 0 Å². The Morgan fingerprint density at radius 2 is 2.00 bits per heavy atom. The van der Waals surface area contributed by atoms with E-state index in [0.29, 0.717) is 6.54 Å². The number of aliphatic carboxylic acids is 1. The van der Waals surface area contributed by atoms with Crippen LogP contribution in [0.1, 0.15) is 6.42 Å². The van der Waals surface area contributed by atoms with Crippen LogP contribution in [0.15, 0.2) is 24.5 Å². The van der Waals surface area contributed by atoms with Gasteiger partial charge in [-0.15, -0.1) is 0 Å². The lowest BCUT2D eigenvalue weighted by Crippen LogP contribution is -2.23. The molecule has 0 radical (unpaired) electrons. The zero-order valence-electron chi connectivity index (χ0n) is 5.49. The summed E-state index contributed by atoms with van der Waals surface area (Å²) in [6.45, 7) is 0.495. The highest BCUT2D eigenvalue weighted by Crippen LogP contribution is 1.91. The molecule has 0 bridgehead atoms. The molecule has 1 heterocycles.